The van der Waals surface area contributed by atoms with Gasteiger partial charge < -0.3 is 10.6 Å². The van der Waals surface area contributed by atoms with Gasteiger partial charge in [-0.1, -0.05) is 48.0 Å². The van der Waals surface area contributed by atoms with Crippen molar-refractivity contribution in [3.8, 4) is 0 Å². The smallest absolute Gasteiger partial charge is 0.228 e. The van der Waals surface area contributed by atoms with Crippen LogP contribution in [0.4, 0.5) is 5.69 Å². The Labute approximate surface area is 148 Å². The highest BCUT2D eigenvalue weighted by atomic mass is 16.2. The van der Waals surface area contributed by atoms with Crippen LogP contribution in [0.5, 0.6) is 0 Å². The van der Waals surface area contributed by atoms with Gasteiger partial charge in [0.15, 0.2) is 0 Å². The molecule has 130 valence electrons. The number of aryl methyl sites for hydroxylation is 3. The van der Waals surface area contributed by atoms with Crippen LogP contribution in [0.15, 0.2) is 42.5 Å². The average Bonchev–Trinajstić information content (AvgIpc) is 3.37. The van der Waals surface area contributed by atoms with Crippen molar-refractivity contribution in [2.45, 2.75) is 33.7 Å². The van der Waals surface area contributed by atoms with E-state index in [1.807, 2.05) is 51.1 Å². The normalized spacial score (nSPS) is 18.5. The molecule has 0 radical (unpaired) electrons. The molecular formula is C21H24N2O2. The lowest BCUT2D eigenvalue weighted by Gasteiger charge is -2.13. The van der Waals surface area contributed by atoms with Gasteiger partial charge in [0.1, 0.15) is 0 Å². The maximum atomic E-state index is 12.5. The number of amides is 2. The lowest BCUT2D eigenvalue weighted by atomic mass is 10.0. The number of carbonyl (C=O) groups is 2. The van der Waals surface area contributed by atoms with Crippen molar-refractivity contribution < 1.29 is 9.59 Å². The van der Waals surface area contributed by atoms with E-state index in [1.54, 1.807) is 0 Å². The molecule has 2 atom stereocenters. The van der Waals surface area contributed by atoms with Gasteiger partial charge in [0.25, 0.3) is 0 Å². The number of hydrogen-bond acceptors (Lipinski definition) is 2. The van der Waals surface area contributed by atoms with Crippen molar-refractivity contribution in [2.24, 2.45) is 11.8 Å². The Morgan fingerprint density at radius 1 is 0.960 bits per heavy atom. The van der Waals surface area contributed by atoms with Gasteiger partial charge in [0, 0.05) is 12.2 Å². The van der Waals surface area contributed by atoms with E-state index < -0.39 is 0 Å². The van der Waals surface area contributed by atoms with E-state index in [2.05, 4.69) is 22.8 Å². The number of anilines is 1. The van der Waals surface area contributed by atoms with E-state index in [1.165, 1.54) is 5.56 Å². The first-order chi connectivity index (χ1) is 12.0. The summed E-state index contributed by atoms with van der Waals surface area (Å²) in [4.78, 5) is 24.7. The molecule has 3 rings (SSSR count). The molecule has 0 saturated heterocycles. The van der Waals surface area contributed by atoms with Crippen LogP contribution in [0.2, 0.25) is 0 Å². The average molecular weight is 336 g/mol. The maximum Gasteiger partial charge on any atom is 0.228 e. The van der Waals surface area contributed by atoms with Crippen molar-refractivity contribution in [1.29, 1.82) is 0 Å². The Hall–Kier alpha value is -2.62. The monoisotopic (exact) mass is 336 g/mol. The molecular weight excluding hydrogens is 312 g/mol. The van der Waals surface area contributed by atoms with Gasteiger partial charge in [0.2, 0.25) is 11.8 Å². The third kappa shape index (κ3) is 4.08. The van der Waals surface area contributed by atoms with Crippen LogP contribution in [0, 0.1) is 32.6 Å². The summed E-state index contributed by atoms with van der Waals surface area (Å²) in [5.74, 6) is -0.540. The highest BCUT2D eigenvalue weighted by Crippen LogP contribution is 2.40. The molecule has 1 aliphatic rings. The molecule has 2 N–H and O–H groups in total. The van der Waals surface area contributed by atoms with E-state index in [4.69, 9.17) is 0 Å². The number of rotatable bonds is 5. The van der Waals surface area contributed by atoms with Crippen LogP contribution >= 0.6 is 0 Å². The Balaban J connectivity index is 1.54. The minimum Gasteiger partial charge on any atom is -0.352 e. The van der Waals surface area contributed by atoms with Gasteiger partial charge in [-0.05, 0) is 43.9 Å². The molecule has 0 aliphatic heterocycles. The van der Waals surface area contributed by atoms with Crippen molar-refractivity contribution in [2.75, 3.05) is 5.32 Å². The second kappa shape index (κ2) is 7.09. The van der Waals surface area contributed by atoms with Crippen LogP contribution in [-0.4, -0.2) is 11.8 Å². The number of benzene rings is 2. The van der Waals surface area contributed by atoms with Crippen LogP contribution in [0.1, 0.15) is 28.7 Å². The Morgan fingerprint density at radius 2 is 1.56 bits per heavy atom. The van der Waals surface area contributed by atoms with Crippen molar-refractivity contribution in [1.82, 2.24) is 5.32 Å². The third-order valence-electron chi connectivity index (χ3n) is 4.70. The zero-order chi connectivity index (χ0) is 18.0. The predicted molar refractivity (Wildman–Crippen MR) is 99.2 cm³/mol. The molecule has 0 heterocycles. The molecule has 2 aromatic carbocycles. The topological polar surface area (TPSA) is 58.2 Å². The molecule has 4 nitrogen and oxygen atoms in total. The lowest BCUT2D eigenvalue weighted by molar-refractivity contribution is -0.125. The van der Waals surface area contributed by atoms with E-state index in [-0.39, 0.29) is 23.7 Å². The lowest BCUT2D eigenvalue weighted by Crippen LogP contribution is -2.27. The maximum absolute atomic E-state index is 12.5. The van der Waals surface area contributed by atoms with Gasteiger partial charge in [0.05, 0.1) is 11.8 Å². The SMILES string of the molecule is Cc1cc(C)c(NC(=O)C2CC2C(=O)NCc2ccccc2)c(C)c1. The van der Waals surface area contributed by atoms with Gasteiger partial charge in [-0.25, -0.2) is 0 Å². The predicted octanol–water partition coefficient (Wildman–Crippen LogP) is 3.50. The Kier molecular flexibility index (Phi) is 4.88. The molecule has 0 bridgehead atoms. The fourth-order valence-electron chi connectivity index (χ4n) is 3.28. The quantitative estimate of drug-likeness (QED) is 0.878. The molecule has 2 unspecified atom stereocenters. The zero-order valence-electron chi connectivity index (χ0n) is 14.9. The summed E-state index contributed by atoms with van der Waals surface area (Å²) in [5.41, 5.74) is 5.21. The third-order valence-corrected chi connectivity index (χ3v) is 4.70. The molecule has 2 amide bonds. The number of hydrogen-bond donors (Lipinski definition) is 2. The van der Waals surface area contributed by atoms with E-state index in [0.29, 0.717) is 13.0 Å². The first kappa shape index (κ1) is 17.2. The van der Waals surface area contributed by atoms with Crippen molar-refractivity contribution in [3.05, 3.63) is 64.7 Å². The highest BCUT2D eigenvalue weighted by molar-refractivity contribution is 6.00. The fraction of sp³-hybridized carbons (Fsp3) is 0.333. The van der Waals surface area contributed by atoms with Gasteiger partial charge in [-0.3, -0.25) is 9.59 Å². The molecule has 1 fully saturated rings. The highest BCUT2D eigenvalue weighted by Gasteiger charge is 2.48. The summed E-state index contributed by atoms with van der Waals surface area (Å²) in [6, 6.07) is 13.9. The standard InChI is InChI=1S/C21H24N2O2/c1-13-9-14(2)19(15(3)10-13)23-21(25)18-11-17(18)20(24)22-12-16-7-5-4-6-8-16/h4-10,17-18H,11-12H2,1-3H3,(H,22,24)(H,23,25). The summed E-state index contributed by atoms with van der Waals surface area (Å²) < 4.78 is 0. The Morgan fingerprint density at radius 3 is 2.20 bits per heavy atom. The number of nitrogens with one attached hydrogen (secondary N) is 2. The molecule has 0 aromatic heterocycles. The summed E-state index contributed by atoms with van der Waals surface area (Å²) >= 11 is 0. The molecule has 1 saturated carbocycles. The second-order valence-electron chi connectivity index (χ2n) is 6.92. The summed E-state index contributed by atoms with van der Waals surface area (Å²) in [7, 11) is 0. The van der Waals surface area contributed by atoms with Crippen LogP contribution in [0.25, 0.3) is 0 Å². The first-order valence-electron chi connectivity index (χ1n) is 8.66. The molecule has 25 heavy (non-hydrogen) atoms. The molecule has 1 aliphatic carbocycles. The first-order valence-corrected chi connectivity index (χ1v) is 8.66. The second-order valence-corrected chi connectivity index (χ2v) is 6.92. The van der Waals surface area contributed by atoms with Crippen molar-refractivity contribution >= 4 is 17.5 Å². The van der Waals surface area contributed by atoms with Gasteiger partial charge in [-0.15, -0.1) is 0 Å². The largest absolute Gasteiger partial charge is 0.352 e. The van der Waals surface area contributed by atoms with Crippen LogP contribution < -0.4 is 10.6 Å². The zero-order valence-corrected chi connectivity index (χ0v) is 14.9. The fourth-order valence-corrected chi connectivity index (χ4v) is 3.28. The minimum atomic E-state index is -0.226. The summed E-state index contributed by atoms with van der Waals surface area (Å²) in [5, 5.41) is 5.93. The van der Waals surface area contributed by atoms with Gasteiger partial charge in [-0.2, -0.15) is 0 Å². The Bertz CT molecular complexity index is 776. The van der Waals surface area contributed by atoms with Crippen LogP contribution in [-0.2, 0) is 16.1 Å². The summed E-state index contributed by atoms with van der Waals surface area (Å²) in [6.07, 6.45) is 0.621. The van der Waals surface area contributed by atoms with E-state index >= 15 is 0 Å². The van der Waals surface area contributed by atoms with Crippen molar-refractivity contribution in [3.63, 3.8) is 0 Å². The molecule has 0 spiro atoms. The van der Waals surface area contributed by atoms with Gasteiger partial charge >= 0.3 is 0 Å². The van der Waals surface area contributed by atoms with E-state index in [0.717, 1.165) is 22.4 Å². The van der Waals surface area contributed by atoms with E-state index in [9.17, 15) is 9.59 Å². The summed E-state index contributed by atoms with van der Waals surface area (Å²) in [6.45, 7) is 6.53. The molecule has 2 aromatic rings. The minimum absolute atomic E-state index is 0.0404. The van der Waals surface area contributed by atoms with Crippen LogP contribution in [0.3, 0.4) is 0 Å². The molecule has 4 heteroatoms. The number of carbonyl (C=O) groups excluding carboxylic acids is 2.